The fourth-order valence-electron chi connectivity index (χ4n) is 21.9. The summed E-state index contributed by atoms with van der Waals surface area (Å²) in [6, 6.07) is 100. The molecule has 21 heteroatoms. The molecule has 1 radical (unpaired) electrons. The standard InChI is InChI=1S/C46H44N6.C42H44N4O2.C38H36N2S4.Cu.2Pt/c1-43(2)34-27-52(29-21-13-10-14-22-29)42(47-34)46(7,8)39-33-26-18-17-25-32(33)38(50-39)45(5,6)41-48-35(28-19-11-9-12-20-28)40(51-41)44(3,4)37-31-24-16-15-23-30(31)36(43)49-37;1-39(2)29-21-15-23-31(35(29)47)41(5,6)38-44-34(26-46(38)28-19-13-10-14-20-28)40(3,4)30-22-16-24-32(36(30)48)42(7,8)37-43-33(39)25-45(37)27-17-11-9-12-18-27;1-35(2)25-19-29(43-31(25)23-15-11-9-12-16-23)37(5,6)34-40-28(22-42-34)36(3,4)26-20-30(38(7,8)33-39-27(35)21-41-33)44-32(26)24-17-13-10-14-18-24;;;/h9-27,35H,1-8H3;9-26,47-48H,1-8H3;9-18,21-22H,1-8H3;;;/q-2;;-2;+2;;+2. The van der Waals surface area contributed by atoms with E-state index in [2.05, 4.69) is 415 Å². The molecule has 1 unspecified atom stereocenters. The molecule has 0 fully saturated rings. The maximum absolute atomic E-state index is 12.3. The van der Waals surface area contributed by atoms with Crippen LogP contribution < -0.4 is 9.97 Å². The molecule has 0 aliphatic carbocycles. The zero-order chi connectivity index (χ0) is 102. The number of benzene rings is 10. The van der Waals surface area contributed by atoms with E-state index in [1.54, 1.807) is 22.7 Å². The molecule has 19 aromatic rings. The summed E-state index contributed by atoms with van der Waals surface area (Å²) in [5.74, 6) is 3.78. The molecule has 10 aromatic carbocycles. The predicted molar refractivity (Wildman–Crippen MR) is 594 cm³/mol. The van der Waals surface area contributed by atoms with Crippen molar-refractivity contribution in [1.29, 1.82) is 0 Å². The minimum atomic E-state index is -0.710. The summed E-state index contributed by atoms with van der Waals surface area (Å²) < 4.78 is 6.52. The number of thiophene rings is 2. The van der Waals surface area contributed by atoms with E-state index in [-0.39, 0.29) is 98.4 Å². The van der Waals surface area contributed by atoms with Crippen LogP contribution in [0.25, 0.3) is 59.5 Å². The SMILES string of the molecule is CC1(C)C2=NC(=NC2c2ccccc2)C(C)(C)c2[n-]c(c3ccccc23)C(C)(C)c2nc(cn2-c2ccccc2)C(C)(C)c2[n-]c1c1ccccc21.CC1(C)c2[c-]c(c(-c3ccccc3)s2)C(C)(C)c2csc(n2)C(C)(C)c2[c-]c(c(-c3ccccc3)s2)C(C)(C)c2csc1n2.CC1(C)c2cn(-c3ccccc3)c(n2)C(C)(C)c2cccc(c2O)C(C)(C)c2cn(-c3ccccc3)c(n2)C(C)(C)c2cccc1c2O.[Cu+2].[Pt+2].[Pt]. The van der Waals surface area contributed by atoms with Gasteiger partial charge in [-0.1, -0.05) is 362 Å². The van der Waals surface area contributed by atoms with E-state index in [9.17, 15) is 10.2 Å². The molecule has 0 spiro atoms. The fourth-order valence-corrected chi connectivity index (χ4v) is 27.0. The third kappa shape index (κ3) is 17.4. The molecule has 13 heterocycles. The summed E-state index contributed by atoms with van der Waals surface area (Å²) >= 11 is 7.23. The van der Waals surface area contributed by atoms with Crippen LogP contribution in [0, 0.1) is 12.1 Å². The number of hydrogen-bond acceptors (Lipinski definition) is 13. The number of aromatic nitrogens is 10. The van der Waals surface area contributed by atoms with Crippen LogP contribution in [-0.4, -0.2) is 60.4 Å². The Hall–Kier alpha value is -11.6. The Kier molecular flexibility index (Phi) is 27.3. The average Bonchev–Trinajstić information content (AvgIpc) is 1.55. The van der Waals surface area contributed by atoms with Gasteiger partial charge in [0.25, 0.3) is 0 Å². The Labute approximate surface area is 920 Å². The Morgan fingerprint density at radius 3 is 0.966 bits per heavy atom. The smallest absolute Gasteiger partial charge is 0.662 e. The third-order valence-electron chi connectivity index (χ3n) is 31.5. The van der Waals surface area contributed by atoms with Gasteiger partial charge in [-0.3, -0.25) is 27.7 Å². The number of aromatic hydroxyl groups is 2. The van der Waals surface area contributed by atoms with Crippen molar-refractivity contribution < 1.29 is 69.4 Å². The monoisotopic (exact) mass is 2420 g/mol. The van der Waals surface area contributed by atoms with Crippen molar-refractivity contribution in [3.05, 3.63) is 436 Å². The largest absolute Gasteiger partial charge is 2.00 e. The Morgan fingerprint density at radius 1 is 0.306 bits per heavy atom. The number of para-hydroxylation sites is 5. The van der Waals surface area contributed by atoms with Crippen LogP contribution >= 0.6 is 45.3 Å². The summed E-state index contributed by atoms with van der Waals surface area (Å²) in [5, 5.41) is 35.8. The Morgan fingerprint density at radius 2 is 0.605 bits per heavy atom. The van der Waals surface area contributed by atoms with Crippen molar-refractivity contribution in [2.75, 3.05) is 0 Å². The van der Waals surface area contributed by atoms with Crippen molar-refractivity contribution >= 4 is 78.4 Å². The third-order valence-corrected chi connectivity index (χ3v) is 36.7. The van der Waals surface area contributed by atoms with Crippen molar-refractivity contribution in [3.8, 4) is 49.4 Å². The van der Waals surface area contributed by atoms with Gasteiger partial charge in [0.05, 0.1) is 45.0 Å². The number of rotatable bonds is 6. The molecule has 9 aromatic heterocycles. The van der Waals surface area contributed by atoms with Gasteiger partial charge in [0, 0.05) is 144 Å². The number of amidine groups is 1. The topological polar surface area (TPSA) is 173 Å². The summed E-state index contributed by atoms with van der Waals surface area (Å²) in [4.78, 5) is 54.5. The van der Waals surface area contributed by atoms with Crippen molar-refractivity contribution in [3.63, 3.8) is 0 Å². The molecule has 1 atom stereocenters. The van der Waals surface area contributed by atoms with Gasteiger partial charge in [-0.25, -0.2) is 42.0 Å². The summed E-state index contributed by atoms with van der Waals surface area (Å²) in [5.41, 5.74) is 15.5. The van der Waals surface area contributed by atoms with E-state index >= 15 is 0 Å². The van der Waals surface area contributed by atoms with Crippen LogP contribution in [0.15, 0.2) is 306 Å². The number of nitrogens with zero attached hydrogens (tertiary/aromatic N) is 12. The van der Waals surface area contributed by atoms with Gasteiger partial charge >= 0.3 is 38.1 Å². The molecule has 0 saturated carbocycles. The van der Waals surface area contributed by atoms with Gasteiger partial charge in [0.15, 0.2) is 0 Å². The zero-order valence-electron chi connectivity index (χ0n) is 87.7. The predicted octanol–water partition coefficient (Wildman–Crippen LogP) is 30.3. The van der Waals surface area contributed by atoms with Crippen molar-refractivity contribution in [2.45, 2.75) is 237 Å². The molecule has 14 nitrogen and oxygen atoms in total. The molecule has 0 amide bonds. The second-order valence-corrected chi connectivity index (χ2v) is 49.4. The van der Waals surface area contributed by atoms with E-state index in [1.165, 1.54) is 41.8 Å². The van der Waals surface area contributed by atoms with Crippen LogP contribution in [0.5, 0.6) is 11.5 Å². The fraction of sp³-hybridized carbons (Fsp3) is 0.294. The van der Waals surface area contributed by atoms with Gasteiger partial charge in [-0.2, -0.15) is 11.1 Å². The van der Waals surface area contributed by atoms with Crippen LogP contribution in [0.3, 0.4) is 0 Å². The van der Waals surface area contributed by atoms with Gasteiger partial charge in [-0.15, -0.1) is 55.2 Å². The molecule has 2 N–H and O–H groups in total. The number of thiazole rings is 2. The molecule has 4 aliphatic heterocycles. The van der Waals surface area contributed by atoms with Crippen LogP contribution in [0.4, 0.5) is 0 Å². The number of phenolic OH excluding ortho intramolecular Hbond substituents is 2. The molecular formula is C126H124CuN12O2Pt2S4. The van der Waals surface area contributed by atoms with Gasteiger partial charge in [-0.05, 0) is 119 Å². The zero-order valence-corrected chi connectivity index (χ0v) is 96.4. The second-order valence-electron chi connectivity index (χ2n) is 45.7. The van der Waals surface area contributed by atoms with Gasteiger partial charge < -0.3 is 33.9 Å². The number of phenols is 2. The maximum atomic E-state index is 12.3. The normalized spacial score (nSPS) is 17.9. The Balaban J connectivity index is 0.000000143. The summed E-state index contributed by atoms with van der Waals surface area (Å²) in [6.07, 6.45) is 6.39. The van der Waals surface area contributed by atoms with E-state index in [0.29, 0.717) is 0 Å². The molecule has 147 heavy (non-hydrogen) atoms. The summed E-state index contributed by atoms with van der Waals surface area (Å²) in [6.45, 7) is 53.3. The van der Waals surface area contributed by atoms with E-state index in [1.807, 2.05) is 95.5 Å². The summed E-state index contributed by atoms with van der Waals surface area (Å²) in [7, 11) is 0. The first-order valence-corrected chi connectivity index (χ1v) is 53.3. The van der Waals surface area contributed by atoms with E-state index in [0.717, 1.165) is 157 Å². The first-order valence-electron chi connectivity index (χ1n) is 49.9. The maximum Gasteiger partial charge on any atom is 2.00 e. The minimum absolute atomic E-state index is 0. The second kappa shape index (κ2) is 38.1. The number of fused-ring (bicyclic) bond motifs is 29. The molecule has 23 rings (SSSR count). The molecule has 24 bridgehead atoms. The van der Waals surface area contributed by atoms with Crippen LogP contribution in [0.1, 0.15) is 300 Å². The molecular weight excluding hydrogens is 2300 g/mol. The average molecular weight is 2420 g/mol. The quantitative estimate of drug-likeness (QED) is 0.121. The number of imidazole rings is 3. The van der Waals surface area contributed by atoms with Crippen LogP contribution in [0.2, 0.25) is 0 Å². The van der Waals surface area contributed by atoms with Crippen LogP contribution in [-0.2, 0) is 124 Å². The van der Waals surface area contributed by atoms with Crippen molar-refractivity contribution in [1.82, 2.24) is 48.6 Å². The van der Waals surface area contributed by atoms with Gasteiger partial charge in [0.2, 0.25) is 0 Å². The minimum Gasteiger partial charge on any atom is -0.662 e. The van der Waals surface area contributed by atoms with Crippen molar-refractivity contribution in [2.24, 2.45) is 9.98 Å². The Bertz CT molecular complexity index is 7930. The molecule has 4 aliphatic rings. The van der Waals surface area contributed by atoms with E-state index < -0.39 is 43.3 Å². The first kappa shape index (κ1) is 105. The molecule has 0 saturated heterocycles. The number of aliphatic imine (C=N–C) groups is 2. The molecule has 755 valence electrons. The van der Waals surface area contributed by atoms with E-state index in [4.69, 9.17) is 44.9 Å². The van der Waals surface area contributed by atoms with Gasteiger partial charge in [0.1, 0.15) is 50.9 Å². The number of hydrogen-bond donors (Lipinski definition) is 2. The first-order chi connectivity index (χ1) is 68.3.